The molecular formula is C22H28FN3O5S. The van der Waals surface area contributed by atoms with Gasteiger partial charge in [-0.05, 0) is 45.0 Å². The van der Waals surface area contributed by atoms with Crippen molar-refractivity contribution in [3.63, 3.8) is 0 Å². The fourth-order valence-corrected chi connectivity index (χ4v) is 3.82. The van der Waals surface area contributed by atoms with Crippen LogP contribution >= 0.6 is 0 Å². The maximum Gasteiger partial charge on any atom is 0.410 e. The van der Waals surface area contributed by atoms with Gasteiger partial charge in [0.05, 0.1) is 10.6 Å². The molecule has 2 aromatic rings. The molecule has 1 amide bonds. The second kappa shape index (κ2) is 9.32. The molecule has 1 aliphatic rings. The summed E-state index contributed by atoms with van der Waals surface area (Å²) >= 11 is 0. The minimum Gasteiger partial charge on any atom is -0.474 e. The molecule has 0 bridgehead atoms. The molecule has 0 radical (unpaired) electrons. The molecule has 1 N–H and O–H groups in total. The van der Waals surface area contributed by atoms with Crippen LogP contribution in [0.15, 0.2) is 41.4 Å². The van der Waals surface area contributed by atoms with Crippen LogP contribution < -0.4 is 10.1 Å². The van der Waals surface area contributed by atoms with E-state index < -0.39 is 21.3 Å². The average Bonchev–Trinajstić information content (AvgIpc) is 2.68. The molecule has 0 spiro atoms. The van der Waals surface area contributed by atoms with Gasteiger partial charge in [-0.3, -0.25) is 0 Å². The standard InChI is InChI=1S/C22H28FN3O5S/c1-22(2,3)31-21(27)26-11-8-16(9-12-26)30-20-13-15(7-10-24-20)25-19-6-5-17(14-18(19)23)32(4,28)29/h5-7,10,13-14,16H,8-9,11-12H2,1-4H3,(H,24,25). The van der Waals surface area contributed by atoms with Gasteiger partial charge >= 0.3 is 6.09 Å². The molecule has 0 aliphatic carbocycles. The Morgan fingerprint density at radius 2 is 1.88 bits per heavy atom. The van der Waals surface area contributed by atoms with Gasteiger partial charge in [0.2, 0.25) is 5.88 Å². The summed E-state index contributed by atoms with van der Waals surface area (Å²) in [5.41, 5.74) is 0.152. The number of sulfone groups is 1. The number of ether oxygens (including phenoxy) is 2. The van der Waals surface area contributed by atoms with Crippen LogP contribution in [0.1, 0.15) is 33.6 Å². The Morgan fingerprint density at radius 3 is 2.47 bits per heavy atom. The van der Waals surface area contributed by atoms with Gasteiger partial charge in [-0.15, -0.1) is 0 Å². The molecule has 2 heterocycles. The Kier molecular flexibility index (Phi) is 6.92. The molecule has 32 heavy (non-hydrogen) atoms. The summed E-state index contributed by atoms with van der Waals surface area (Å²) in [4.78, 5) is 18.0. The number of nitrogens with one attached hydrogen (secondary N) is 1. The first kappa shape index (κ1) is 23.8. The van der Waals surface area contributed by atoms with Gasteiger partial charge in [-0.25, -0.2) is 22.6 Å². The minimum absolute atomic E-state index is 0.0861. The second-order valence-corrected chi connectivity index (χ2v) is 10.7. The van der Waals surface area contributed by atoms with E-state index in [0.29, 0.717) is 37.5 Å². The topological polar surface area (TPSA) is 97.8 Å². The van der Waals surface area contributed by atoms with Gasteiger partial charge in [-0.2, -0.15) is 0 Å². The summed E-state index contributed by atoms with van der Waals surface area (Å²) < 4.78 is 48.8. The number of benzene rings is 1. The lowest BCUT2D eigenvalue weighted by Gasteiger charge is -2.33. The highest BCUT2D eigenvalue weighted by atomic mass is 32.2. The molecule has 0 atom stereocenters. The van der Waals surface area contributed by atoms with E-state index in [2.05, 4.69) is 10.3 Å². The highest BCUT2D eigenvalue weighted by Crippen LogP contribution is 2.26. The third-order valence-corrected chi connectivity index (χ3v) is 5.87. The van der Waals surface area contributed by atoms with E-state index in [1.807, 2.05) is 20.8 Å². The summed E-state index contributed by atoms with van der Waals surface area (Å²) in [5, 5.41) is 2.91. The van der Waals surface area contributed by atoms with Gasteiger partial charge in [0.1, 0.15) is 17.5 Å². The number of amides is 1. The van der Waals surface area contributed by atoms with Gasteiger partial charge in [0.15, 0.2) is 9.84 Å². The third-order valence-electron chi connectivity index (χ3n) is 4.76. The van der Waals surface area contributed by atoms with Gasteiger partial charge in [-0.1, -0.05) is 0 Å². The molecule has 3 rings (SSSR count). The summed E-state index contributed by atoms with van der Waals surface area (Å²) in [6.45, 7) is 6.54. The molecule has 1 aliphatic heterocycles. The van der Waals surface area contributed by atoms with Crippen LogP contribution in [-0.2, 0) is 14.6 Å². The first-order valence-electron chi connectivity index (χ1n) is 10.3. The summed E-state index contributed by atoms with van der Waals surface area (Å²) in [6.07, 6.45) is 3.40. The smallest absolute Gasteiger partial charge is 0.410 e. The van der Waals surface area contributed by atoms with Crippen molar-refractivity contribution in [1.29, 1.82) is 0 Å². The lowest BCUT2D eigenvalue weighted by atomic mass is 10.1. The predicted molar refractivity (Wildman–Crippen MR) is 118 cm³/mol. The monoisotopic (exact) mass is 465 g/mol. The number of anilines is 2. The van der Waals surface area contributed by atoms with Crippen molar-refractivity contribution in [3.8, 4) is 5.88 Å². The van der Waals surface area contributed by atoms with Crippen molar-refractivity contribution >= 4 is 27.3 Å². The highest BCUT2D eigenvalue weighted by Gasteiger charge is 2.27. The van der Waals surface area contributed by atoms with Crippen LogP contribution in [0.2, 0.25) is 0 Å². The Bertz CT molecular complexity index is 1080. The molecule has 1 fully saturated rings. The average molecular weight is 466 g/mol. The van der Waals surface area contributed by atoms with Crippen LogP contribution in [0, 0.1) is 5.82 Å². The second-order valence-electron chi connectivity index (χ2n) is 8.71. The number of piperidine rings is 1. The molecule has 10 heteroatoms. The number of likely N-dealkylation sites (tertiary alicyclic amines) is 1. The molecule has 1 aromatic heterocycles. The van der Waals surface area contributed by atoms with Crippen molar-refractivity contribution in [2.75, 3.05) is 24.7 Å². The maximum absolute atomic E-state index is 14.3. The van der Waals surface area contributed by atoms with E-state index in [9.17, 15) is 17.6 Å². The van der Waals surface area contributed by atoms with Crippen molar-refractivity contribution < 1.29 is 27.1 Å². The van der Waals surface area contributed by atoms with Crippen LogP contribution in [0.5, 0.6) is 5.88 Å². The molecule has 0 saturated carbocycles. The van der Waals surface area contributed by atoms with Crippen molar-refractivity contribution in [2.24, 2.45) is 0 Å². The van der Waals surface area contributed by atoms with E-state index in [1.165, 1.54) is 18.3 Å². The lowest BCUT2D eigenvalue weighted by Crippen LogP contribution is -2.44. The van der Waals surface area contributed by atoms with Crippen molar-refractivity contribution in [1.82, 2.24) is 9.88 Å². The molecule has 1 aromatic carbocycles. The highest BCUT2D eigenvalue weighted by molar-refractivity contribution is 7.90. The normalized spacial score (nSPS) is 15.3. The van der Waals surface area contributed by atoms with Gasteiger partial charge in [0, 0.05) is 50.1 Å². The Morgan fingerprint density at radius 1 is 1.19 bits per heavy atom. The predicted octanol–water partition coefficient (Wildman–Crippen LogP) is 4.15. The largest absolute Gasteiger partial charge is 0.474 e. The van der Waals surface area contributed by atoms with Crippen LogP contribution in [0.4, 0.5) is 20.6 Å². The number of rotatable bonds is 5. The first-order chi connectivity index (χ1) is 14.9. The molecule has 0 unspecified atom stereocenters. The number of aromatic nitrogens is 1. The zero-order valence-corrected chi connectivity index (χ0v) is 19.4. The lowest BCUT2D eigenvalue weighted by molar-refractivity contribution is 0.0123. The fourth-order valence-electron chi connectivity index (χ4n) is 3.19. The Balaban J connectivity index is 1.59. The van der Waals surface area contributed by atoms with E-state index >= 15 is 0 Å². The van der Waals surface area contributed by atoms with E-state index in [0.717, 1.165) is 12.3 Å². The zero-order chi connectivity index (χ0) is 23.5. The van der Waals surface area contributed by atoms with Crippen molar-refractivity contribution in [3.05, 3.63) is 42.3 Å². The number of hydrogen-bond donors (Lipinski definition) is 1. The maximum atomic E-state index is 14.3. The Hall–Kier alpha value is -2.88. The van der Waals surface area contributed by atoms with Crippen LogP contribution in [0.3, 0.4) is 0 Å². The first-order valence-corrected chi connectivity index (χ1v) is 12.2. The number of hydrogen-bond acceptors (Lipinski definition) is 7. The van der Waals surface area contributed by atoms with Crippen LogP contribution in [-0.4, -0.2) is 55.4 Å². The quantitative estimate of drug-likeness (QED) is 0.708. The van der Waals surface area contributed by atoms with Gasteiger partial charge in [0.25, 0.3) is 0 Å². The van der Waals surface area contributed by atoms with Crippen LogP contribution in [0.25, 0.3) is 0 Å². The number of carbonyl (C=O) groups excluding carboxylic acids is 1. The minimum atomic E-state index is -3.49. The van der Waals surface area contributed by atoms with E-state index in [-0.39, 0.29) is 22.8 Å². The number of carbonyl (C=O) groups is 1. The van der Waals surface area contributed by atoms with E-state index in [1.54, 1.807) is 17.0 Å². The third kappa shape index (κ3) is 6.56. The number of halogens is 1. The molecule has 174 valence electrons. The Labute approximate surface area is 187 Å². The molecule has 1 saturated heterocycles. The summed E-state index contributed by atoms with van der Waals surface area (Å²) in [7, 11) is -3.49. The summed E-state index contributed by atoms with van der Waals surface area (Å²) in [5.74, 6) is -0.305. The molecular weight excluding hydrogens is 437 g/mol. The molecule has 8 nitrogen and oxygen atoms in total. The number of nitrogens with zero attached hydrogens (tertiary/aromatic N) is 2. The zero-order valence-electron chi connectivity index (χ0n) is 18.6. The van der Waals surface area contributed by atoms with E-state index in [4.69, 9.17) is 9.47 Å². The fraction of sp³-hybridized carbons (Fsp3) is 0.455. The number of pyridine rings is 1. The summed E-state index contributed by atoms with van der Waals surface area (Å²) in [6, 6.07) is 7.00. The van der Waals surface area contributed by atoms with Gasteiger partial charge < -0.3 is 19.7 Å². The van der Waals surface area contributed by atoms with Crippen molar-refractivity contribution in [2.45, 2.75) is 50.2 Å². The SMILES string of the molecule is CC(C)(C)OC(=O)N1CCC(Oc2cc(Nc3ccc(S(C)(=O)=O)cc3F)ccn2)CC1.